The lowest BCUT2D eigenvalue weighted by Crippen LogP contribution is -2.42. The molecular weight excluding hydrogens is 262 g/mol. The van der Waals surface area contributed by atoms with Crippen molar-refractivity contribution in [1.82, 2.24) is 4.90 Å². The van der Waals surface area contributed by atoms with Crippen molar-refractivity contribution in [3.63, 3.8) is 0 Å². The number of aliphatic hydroxyl groups is 1. The SMILES string of the molecule is CC1CCN(C(=O)c2ccc(C#CCCO)cc2)CC1C. The number of hydrogen-bond acceptors (Lipinski definition) is 2. The van der Waals surface area contributed by atoms with Crippen molar-refractivity contribution in [3.05, 3.63) is 35.4 Å². The number of piperidine rings is 1. The van der Waals surface area contributed by atoms with Gasteiger partial charge in [-0.05, 0) is 42.5 Å². The zero-order valence-corrected chi connectivity index (χ0v) is 12.8. The second kappa shape index (κ2) is 7.28. The van der Waals surface area contributed by atoms with Gasteiger partial charge in [0.1, 0.15) is 0 Å². The van der Waals surface area contributed by atoms with Gasteiger partial charge in [0.2, 0.25) is 0 Å². The molecule has 2 atom stereocenters. The summed E-state index contributed by atoms with van der Waals surface area (Å²) in [7, 11) is 0. The Balaban J connectivity index is 2.02. The van der Waals surface area contributed by atoms with E-state index in [1.165, 1.54) is 0 Å². The molecule has 0 spiro atoms. The van der Waals surface area contributed by atoms with Crippen molar-refractivity contribution in [1.29, 1.82) is 0 Å². The van der Waals surface area contributed by atoms with E-state index in [2.05, 4.69) is 25.7 Å². The highest BCUT2D eigenvalue weighted by Crippen LogP contribution is 2.23. The lowest BCUT2D eigenvalue weighted by atomic mass is 9.88. The van der Waals surface area contributed by atoms with E-state index < -0.39 is 0 Å². The Morgan fingerprint density at radius 1 is 1.29 bits per heavy atom. The molecule has 1 aromatic carbocycles. The van der Waals surface area contributed by atoms with Crippen LogP contribution in [0.1, 0.15) is 42.6 Å². The fourth-order valence-electron chi connectivity index (χ4n) is 2.55. The first-order valence-electron chi connectivity index (χ1n) is 7.61. The van der Waals surface area contributed by atoms with Gasteiger partial charge in [-0.2, -0.15) is 0 Å². The second-order valence-corrected chi connectivity index (χ2v) is 5.85. The first-order valence-corrected chi connectivity index (χ1v) is 7.61. The summed E-state index contributed by atoms with van der Waals surface area (Å²) in [6.45, 7) is 6.24. The summed E-state index contributed by atoms with van der Waals surface area (Å²) in [6, 6.07) is 7.42. The molecule has 2 unspecified atom stereocenters. The molecule has 0 radical (unpaired) electrons. The summed E-state index contributed by atoms with van der Waals surface area (Å²) >= 11 is 0. The lowest BCUT2D eigenvalue weighted by Gasteiger charge is -2.35. The highest BCUT2D eigenvalue weighted by molar-refractivity contribution is 5.94. The number of rotatable bonds is 2. The van der Waals surface area contributed by atoms with Crippen LogP contribution in [0.25, 0.3) is 0 Å². The fraction of sp³-hybridized carbons (Fsp3) is 0.500. The zero-order chi connectivity index (χ0) is 15.2. The van der Waals surface area contributed by atoms with Gasteiger partial charge in [-0.3, -0.25) is 4.79 Å². The van der Waals surface area contributed by atoms with Gasteiger partial charge in [-0.15, -0.1) is 0 Å². The third-order valence-electron chi connectivity index (χ3n) is 4.22. The van der Waals surface area contributed by atoms with Crippen molar-refractivity contribution in [2.75, 3.05) is 19.7 Å². The average molecular weight is 285 g/mol. The van der Waals surface area contributed by atoms with Crippen molar-refractivity contribution in [2.45, 2.75) is 26.7 Å². The van der Waals surface area contributed by atoms with Crippen LogP contribution in [0.2, 0.25) is 0 Å². The maximum Gasteiger partial charge on any atom is 0.253 e. The Kier molecular flexibility index (Phi) is 5.41. The minimum atomic E-state index is 0.0785. The highest BCUT2D eigenvalue weighted by Gasteiger charge is 2.26. The molecular formula is C18H23NO2. The third-order valence-corrected chi connectivity index (χ3v) is 4.22. The van der Waals surface area contributed by atoms with Crippen LogP contribution in [0.4, 0.5) is 0 Å². The number of amides is 1. The average Bonchev–Trinajstić information content (AvgIpc) is 2.50. The van der Waals surface area contributed by atoms with Crippen molar-refractivity contribution in [2.24, 2.45) is 11.8 Å². The van der Waals surface area contributed by atoms with Crippen molar-refractivity contribution in [3.8, 4) is 11.8 Å². The number of carbonyl (C=O) groups excluding carboxylic acids is 1. The molecule has 0 aliphatic carbocycles. The van der Waals surface area contributed by atoms with E-state index in [-0.39, 0.29) is 12.5 Å². The van der Waals surface area contributed by atoms with Crippen LogP contribution in [-0.2, 0) is 0 Å². The monoisotopic (exact) mass is 285 g/mol. The standard InChI is InChI=1S/C18H23NO2/c1-14-10-11-19(13-15(14)2)18(21)17-8-6-16(7-9-17)5-3-4-12-20/h6-9,14-15,20H,4,10-13H2,1-2H3. The zero-order valence-electron chi connectivity index (χ0n) is 12.8. The number of likely N-dealkylation sites (tertiary alicyclic amines) is 1. The predicted octanol–water partition coefficient (Wildman–Crippen LogP) is 2.54. The van der Waals surface area contributed by atoms with Gasteiger partial charge in [0.05, 0.1) is 6.61 Å². The molecule has 0 bridgehead atoms. The molecule has 1 aliphatic heterocycles. The summed E-state index contributed by atoms with van der Waals surface area (Å²) in [5.74, 6) is 7.22. The van der Waals surface area contributed by atoms with E-state index in [0.29, 0.717) is 18.3 Å². The highest BCUT2D eigenvalue weighted by atomic mass is 16.2. The molecule has 1 fully saturated rings. The second-order valence-electron chi connectivity index (χ2n) is 5.85. The normalized spacial score (nSPS) is 21.6. The topological polar surface area (TPSA) is 40.5 Å². The molecule has 3 heteroatoms. The molecule has 1 N–H and O–H groups in total. The van der Waals surface area contributed by atoms with Gasteiger partial charge >= 0.3 is 0 Å². The summed E-state index contributed by atoms with van der Waals surface area (Å²) < 4.78 is 0. The van der Waals surface area contributed by atoms with Crippen LogP contribution in [0, 0.1) is 23.7 Å². The molecule has 1 amide bonds. The van der Waals surface area contributed by atoms with E-state index in [4.69, 9.17) is 5.11 Å². The van der Waals surface area contributed by atoms with Crippen molar-refractivity contribution < 1.29 is 9.90 Å². The number of hydrogen-bond donors (Lipinski definition) is 1. The first-order chi connectivity index (χ1) is 10.1. The molecule has 3 nitrogen and oxygen atoms in total. The Morgan fingerprint density at radius 2 is 2.00 bits per heavy atom. The molecule has 1 aliphatic rings. The molecule has 1 aromatic rings. The smallest absolute Gasteiger partial charge is 0.253 e. The van der Waals surface area contributed by atoms with E-state index in [0.717, 1.165) is 30.6 Å². The van der Waals surface area contributed by atoms with Crippen LogP contribution in [-0.4, -0.2) is 35.6 Å². The Morgan fingerprint density at radius 3 is 2.62 bits per heavy atom. The van der Waals surface area contributed by atoms with Gasteiger partial charge in [0.15, 0.2) is 0 Å². The maximum absolute atomic E-state index is 12.5. The molecule has 21 heavy (non-hydrogen) atoms. The minimum absolute atomic E-state index is 0.0785. The maximum atomic E-state index is 12.5. The lowest BCUT2D eigenvalue weighted by molar-refractivity contribution is 0.0627. The van der Waals surface area contributed by atoms with Gasteiger partial charge in [-0.1, -0.05) is 25.7 Å². The molecule has 0 saturated carbocycles. The number of benzene rings is 1. The van der Waals surface area contributed by atoms with Crippen molar-refractivity contribution >= 4 is 5.91 Å². The van der Waals surface area contributed by atoms with E-state index in [1.54, 1.807) is 0 Å². The van der Waals surface area contributed by atoms with Gasteiger partial charge < -0.3 is 10.0 Å². The molecule has 2 rings (SSSR count). The number of aliphatic hydroxyl groups excluding tert-OH is 1. The number of carbonyl (C=O) groups is 1. The largest absolute Gasteiger partial charge is 0.395 e. The number of nitrogens with zero attached hydrogens (tertiary/aromatic N) is 1. The van der Waals surface area contributed by atoms with Gasteiger partial charge in [-0.25, -0.2) is 0 Å². The predicted molar refractivity (Wildman–Crippen MR) is 83.9 cm³/mol. The Hall–Kier alpha value is -1.79. The summed E-state index contributed by atoms with van der Waals surface area (Å²) in [6.07, 6.45) is 1.56. The van der Waals surface area contributed by atoms with Crippen LogP contribution < -0.4 is 0 Å². The third kappa shape index (κ3) is 4.09. The Labute approximate surface area is 127 Å². The minimum Gasteiger partial charge on any atom is -0.395 e. The van der Waals surface area contributed by atoms with Crippen LogP contribution in [0.3, 0.4) is 0 Å². The summed E-state index contributed by atoms with van der Waals surface area (Å²) in [5, 5.41) is 8.69. The molecule has 1 saturated heterocycles. The van der Waals surface area contributed by atoms with E-state index >= 15 is 0 Å². The van der Waals surface area contributed by atoms with Crippen LogP contribution in [0.15, 0.2) is 24.3 Å². The van der Waals surface area contributed by atoms with E-state index in [9.17, 15) is 4.79 Å². The van der Waals surface area contributed by atoms with Gasteiger partial charge in [0.25, 0.3) is 5.91 Å². The molecule has 112 valence electrons. The molecule has 1 heterocycles. The Bertz CT molecular complexity index is 539. The molecule has 0 aromatic heterocycles. The first kappa shape index (κ1) is 15.6. The quantitative estimate of drug-likeness (QED) is 0.848. The fourth-order valence-corrected chi connectivity index (χ4v) is 2.55. The van der Waals surface area contributed by atoms with E-state index in [1.807, 2.05) is 29.2 Å². The summed E-state index contributed by atoms with van der Waals surface area (Å²) in [4.78, 5) is 14.4. The van der Waals surface area contributed by atoms with Gasteiger partial charge in [0, 0.05) is 30.6 Å². The summed E-state index contributed by atoms with van der Waals surface area (Å²) in [5.41, 5.74) is 1.60. The van der Waals surface area contributed by atoms with Crippen LogP contribution >= 0.6 is 0 Å². The van der Waals surface area contributed by atoms with Crippen LogP contribution in [0.5, 0.6) is 0 Å².